The molecule has 3 nitrogen and oxygen atoms in total. The highest BCUT2D eigenvalue weighted by atomic mass is 16.5. The highest BCUT2D eigenvalue weighted by Gasteiger charge is 2.23. The van der Waals surface area contributed by atoms with Gasteiger partial charge >= 0.3 is 5.97 Å². The number of hydrogen-bond acceptors (Lipinski definition) is 2. The van der Waals surface area contributed by atoms with Crippen LogP contribution in [0, 0.1) is 0 Å². The van der Waals surface area contributed by atoms with Crippen LogP contribution in [0.4, 0.5) is 0 Å². The third kappa shape index (κ3) is 3.30. The zero-order chi connectivity index (χ0) is 12.1. The number of carbonyl (C=O) groups is 1. The van der Waals surface area contributed by atoms with Crippen LogP contribution in [0.25, 0.3) is 0 Å². The molecular weight excluding hydrogens is 216 g/mol. The highest BCUT2D eigenvalue weighted by molar-refractivity contribution is 5.75. The number of aliphatic carboxylic acids is 1. The minimum Gasteiger partial charge on any atom is -0.481 e. The summed E-state index contributed by atoms with van der Waals surface area (Å²) in [6, 6.07) is 9.44. The Morgan fingerprint density at radius 3 is 2.76 bits per heavy atom. The molecule has 0 saturated carbocycles. The third-order valence-electron chi connectivity index (χ3n) is 3.30. The van der Waals surface area contributed by atoms with Gasteiger partial charge in [0, 0.05) is 6.61 Å². The molecule has 0 spiro atoms. The van der Waals surface area contributed by atoms with E-state index in [9.17, 15) is 9.90 Å². The molecule has 0 aliphatic carbocycles. The van der Waals surface area contributed by atoms with Gasteiger partial charge in [-0.25, -0.2) is 0 Å². The van der Waals surface area contributed by atoms with Crippen molar-refractivity contribution >= 4 is 5.97 Å². The Hall–Kier alpha value is -1.35. The van der Waals surface area contributed by atoms with Crippen molar-refractivity contribution in [2.45, 2.75) is 37.7 Å². The van der Waals surface area contributed by atoms with E-state index in [1.165, 1.54) is 0 Å². The van der Waals surface area contributed by atoms with Gasteiger partial charge in [-0.15, -0.1) is 0 Å². The summed E-state index contributed by atoms with van der Waals surface area (Å²) < 4.78 is 5.53. The maximum atomic E-state index is 11.3. The van der Waals surface area contributed by atoms with Crippen molar-refractivity contribution in [3.05, 3.63) is 35.9 Å². The maximum Gasteiger partial charge on any atom is 0.310 e. The highest BCUT2D eigenvalue weighted by Crippen LogP contribution is 2.25. The van der Waals surface area contributed by atoms with Crippen molar-refractivity contribution in [1.29, 1.82) is 0 Å². The normalized spacial score (nSPS) is 21.3. The Kier molecular flexibility index (Phi) is 4.15. The first-order valence-electron chi connectivity index (χ1n) is 6.16. The Labute approximate surface area is 101 Å². The van der Waals surface area contributed by atoms with Gasteiger partial charge in [0.05, 0.1) is 12.0 Å². The van der Waals surface area contributed by atoms with Crippen LogP contribution >= 0.6 is 0 Å². The Balaban J connectivity index is 1.95. The second-order valence-corrected chi connectivity index (χ2v) is 4.51. The third-order valence-corrected chi connectivity index (χ3v) is 3.30. The van der Waals surface area contributed by atoms with Crippen LogP contribution in [0.3, 0.4) is 0 Å². The molecule has 1 aromatic rings. The molecule has 1 aliphatic rings. The molecule has 2 rings (SSSR count). The summed E-state index contributed by atoms with van der Waals surface area (Å²) in [5.74, 6) is -1.14. The second kappa shape index (κ2) is 5.82. The lowest BCUT2D eigenvalue weighted by atomic mass is 9.92. The van der Waals surface area contributed by atoms with E-state index in [1.54, 1.807) is 0 Å². The Bertz CT molecular complexity index is 355. The van der Waals surface area contributed by atoms with Crippen LogP contribution in [0.5, 0.6) is 0 Å². The van der Waals surface area contributed by atoms with Crippen molar-refractivity contribution in [2.75, 3.05) is 6.61 Å². The van der Waals surface area contributed by atoms with Crippen LogP contribution in [0.15, 0.2) is 30.3 Å². The average Bonchev–Trinajstić information content (AvgIpc) is 2.83. The quantitative estimate of drug-likeness (QED) is 0.852. The Morgan fingerprint density at radius 2 is 2.18 bits per heavy atom. The molecule has 1 aromatic carbocycles. The van der Waals surface area contributed by atoms with Crippen LogP contribution in [0.1, 0.15) is 37.2 Å². The largest absolute Gasteiger partial charge is 0.481 e. The molecule has 92 valence electrons. The summed E-state index contributed by atoms with van der Waals surface area (Å²) in [6.07, 6.45) is 3.94. The predicted octanol–water partition coefficient (Wildman–Crippen LogP) is 2.81. The van der Waals surface area contributed by atoms with Crippen molar-refractivity contribution in [3.8, 4) is 0 Å². The molecule has 2 atom stereocenters. The number of carboxylic acid groups (broad SMARTS) is 1. The van der Waals surface area contributed by atoms with E-state index in [-0.39, 0.29) is 6.10 Å². The second-order valence-electron chi connectivity index (χ2n) is 4.51. The first-order valence-corrected chi connectivity index (χ1v) is 6.16. The van der Waals surface area contributed by atoms with E-state index in [0.717, 1.165) is 31.4 Å². The summed E-state index contributed by atoms with van der Waals surface area (Å²) >= 11 is 0. The standard InChI is InChI=1S/C14H18O3/c15-14(16)13(11-5-2-1-3-6-11)9-8-12-7-4-10-17-12/h1-3,5-6,12-13H,4,7-10H2,(H,15,16). The molecule has 0 bridgehead atoms. The molecule has 2 unspecified atom stereocenters. The number of ether oxygens (including phenoxy) is 1. The smallest absolute Gasteiger partial charge is 0.310 e. The van der Waals surface area contributed by atoms with E-state index in [2.05, 4.69) is 0 Å². The van der Waals surface area contributed by atoms with Gasteiger partial charge in [0.25, 0.3) is 0 Å². The van der Waals surface area contributed by atoms with Gasteiger partial charge in [-0.2, -0.15) is 0 Å². The van der Waals surface area contributed by atoms with Crippen molar-refractivity contribution < 1.29 is 14.6 Å². The van der Waals surface area contributed by atoms with E-state index in [0.29, 0.717) is 6.42 Å². The zero-order valence-electron chi connectivity index (χ0n) is 9.84. The molecule has 0 amide bonds. The van der Waals surface area contributed by atoms with Gasteiger partial charge in [-0.1, -0.05) is 30.3 Å². The lowest BCUT2D eigenvalue weighted by Crippen LogP contribution is -2.15. The lowest BCUT2D eigenvalue weighted by molar-refractivity contribution is -0.139. The van der Waals surface area contributed by atoms with E-state index in [1.807, 2.05) is 30.3 Å². The first kappa shape index (κ1) is 12.1. The number of carboxylic acids is 1. The van der Waals surface area contributed by atoms with Gasteiger partial charge < -0.3 is 9.84 Å². The van der Waals surface area contributed by atoms with Gasteiger partial charge in [0.1, 0.15) is 0 Å². The molecular formula is C14H18O3. The predicted molar refractivity (Wildman–Crippen MR) is 65.0 cm³/mol. The van der Waals surface area contributed by atoms with Crippen molar-refractivity contribution in [3.63, 3.8) is 0 Å². The zero-order valence-corrected chi connectivity index (χ0v) is 9.84. The lowest BCUT2D eigenvalue weighted by Gasteiger charge is -2.15. The molecule has 1 aliphatic heterocycles. The van der Waals surface area contributed by atoms with Gasteiger partial charge in [-0.05, 0) is 31.2 Å². The minimum atomic E-state index is -0.741. The molecule has 0 radical (unpaired) electrons. The van der Waals surface area contributed by atoms with E-state index in [4.69, 9.17) is 4.74 Å². The van der Waals surface area contributed by atoms with Crippen LogP contribution in [-0.2, 0) is 9.53 Å². The minimum absolute atomic E-state index is 0.264. The van der Waals surface area contributed by atoms with Crippen LogP contribution < -0.4 is 0 Å². The molecule has 1 N–H and O–H groups in total. The fourth-order valence-electron chi connectivity index (χ4n) is 2.34. The summed E-state index contributed by atoms with van der Waals surface area (Å²) in [4.78, 5) is 11.3. The van der Waals surface area contributed by atoms with Gasteiger partial charge in [0.15, 0.2) is 0 Å². The van der Waals surface area contributed by atoms with Crippen molar-refractivity contribution in [1.82, 2.24) is 0 Å². The summed E-state index contributed by atoms with van der Waals surface area (Å²) in [5.41, 5.74) is 0.887. The van der Waals surface area contributed by atoms with Gasteiger partial charge in [-0.3, -0.25) is 4.79 Å². The average molecular weight is 234 g/mol. The summed E-state index contributed by atoms with van der Waals surface area (Å²) in [6.45, 7) is 0.827. The molecule has 1 heterocycles. The SMILES string of the molecule is O=C(O)C(CCC1CCCO1)c1ccccc1. The first-order chi connectivity index (χ1) is 8.27. The topological polar surface area (TPSA) is 46.5 Å². The van der Waals surface area contributed by atoms with E-state index < -0.39 is 11.9 Å². The van der Waals surface area contributed by atoms with Crippen molar-refractivity contribution in [2.24, 2.45) is 0 Å². The van der Waals surface area contributed by atoms with Gasteiger partial charge in [0.2, 0.25) is 0 Å². The van der Waals surface area contributed by atoms with E-state index >= 15 is 0 Å². The fourth-order valence-corrected chi connectivity index (χ4v) is 2.34. The summed E-state index contributed by atoms with van der Waals surface area (Å²) in [5, 5.41) is 9.26. The molecule has 17 heavy (non-hydrogen) atoms. The molecule has 0 aromatic heterocycles. The number of hydrogen-bond donors (Lipinski definition) is 1. The fraction of sp³-hybridized carbons (Fsp3) is 0.500. The molecule has 1 saturated heterocycles. The van der Waals surface area contributed by atoms with Crippen LogP contribution in [-0.4, -0.2) is 23.8 Å². The molecule has 1 fully saturated rings. The Morgan fingerprint density at radius 1 is 1.41 bits per heavy atom. The molecule has 3 heteroatoms. The number of rotatable bonds is 5. The summed E-state index contributed by atoms with van der Waals surface area (Å²) in [7, 11) is 0. The maximum absolute atomic E-state index is 11.3. The monoisotopic (exact) mass is 234 g/mol. The number of benzene rings is 1. The van der Waals surface area contributed by atoms with Crippen LogP contribution in [0.2, 0.25) is 0 Å².